The molecule has 0 aliphatic carbocycles. The van der Waals surface area contributed by atoms with E-state index in [-0.39, 0.29) is 36.4 Å². The average molecular weight is 521 g/mol. The number of benzene rings is 3. The van der Waals surface area contributed by atoms with Crippen LogP contribution in [0.2, 0.25) is 5.02 Å². The maximum atomic E-state index is 13.7. The summed E-state index contributed by atoms with van der Waals surface area (Å²) in [5, 5.41) is 3.53. The molecule has 1 N–H and O–H groups in total. The van der Waals surface area contributed by atoms with Crippen LogP contribution in [-0.4, -0.2) is 35.4 Å². The number of nitrogens with one attached hydrogen (secondary N) is 1. The topological polar surface area (TPSA) is 58.6 Å². The highest BCUT2D eigenvalue weighted by Crippen LogP contribution is 2.25. The molecule has 0 radical (unpaired) electrons. The van der Waals surface area contributed by atoms with E-state index in [1.807, 2.05) is 86.6 Å². The van der Waals surface area contributed by atoms with Crippen LogP contribution in [-0.2, 0) is 28.0 Å². The molecule has 3 aromatic carbocycles. The minimum absolute atomic E-state index is 0.0224. The summed E-state index contributed by atoms with van der Waals surface area (Å²) >= 11 is 6.46. The zero-order chi connectivity index (χ0) is 27.0. The monoisotopic (exact) mass is 520 g/mol. The molecule has 3 aromatic rings. The Labute approximate surface area is 225 Å². The van der Waals surface area contributed by atoms with Gasteiger partial charge in [0.15, 0.2) is 6.61 Å². The first-order valence-electron chi connectivity index (χ1n) is 12.6. The molecule has 0 heterocycles. The van der Waals surface area contributed by atoms with Crippen molar-refractivity contribution in [1.82, 2.24) is 10.2 Å². The Hall–Kier alpha value is -3.31. The molecule has 0 aliphatic heterocycles. The fourth-order valence-corrected chi connectivity index (χ4v) is 4.22. The number of hydrogen-bond acceptors (Lipinski definition) is 3. The lowest BCUT2D eigenvalue weighted by Gasteiger charge is -2.32. The molecule has 0 aliphatic rings. The lowest BCUT2D eigenvalue weighted by atomic mass is 9.87. The second-order valence-electron chi connectivity index (χ2n) is 10.5. The van der Waals surface area contributed by atoms with Gasteiger partial charge >= 0.3 is 0 Å². The maximum absolute atomic E-state index is 13.7. The highest BCUT2D eigenvalue weighted by Gasteiger charge is 2.31. The molecule has 196 valence electrons. The fourth-order valence-electron chi connectivity index (χ4n) is 4.02. The van der Waals surface area contributed by atoms with Crippen LogP contribution >= 0.6 is 11.6 Å². The Balaban J connectivity index is 1.89. The van der Waals surface area contributed by atoms with Crippen LogP contribution in [0.5, 0.6) is 5.75 Å². The van der Waals surface area contributed by atoms with E-state index >= 15 is 0 Å². The van der Waals surface area contributed by atoms with Gasteiger partial charge in [-0.3, -0.25) is 9.59 Å². The van der Waals surface area contributed by atoms with Gasteiger partial charge in [0.05, 0.1) is 0 Å². The number of hydrogen-bond donors (Lipinski definition) is 1. The largest absolute Gasteiger partial charge is 0.484 e. The third kappa shape index (κ3) is 8.36. The summed E-state index contributed by atoms with van der Waals surface area (Å²) in [6, 6.07) is 24.0. The summed E-state index contributed by atoms with van der Waals surface area (Å²) < 4.78 is 5.89. The van der Waals surface area contributed by atoms with Crippen LogP contribution in [0.25, 0.3) is 0 Å². The number of carbonyl (C=O) groups is 2. The van der Waals surface area contributed by atoms with Gasteiger partial charge in [0, 0.05) is 24.0 Å². The van der Waals surface area contributed by atoms with Crippen molar-refractivity contribution in [2.24, 2.45) is 0 Å². The molecule has 3 rings (SSSR count). The van der Waals surface area contributed by atoms with Crippen LogP contribution in [0.4, 0.5) is 0 Å². The van der Waals surface area contributed by atoms with Gasteiger partial charge in [-0.25, -0.2) is 0 Å². The van der Waals surface area contributed by atoms with E-state index in [9.17, 15) is 9.59 Å². The molecule has 1 atom stereocenters. The fraction of sp³-hybridized carbons (Fsp3) is 0.355. The van der Waals surface area contributed by atoms with Crippen molar-refractivity contribution in [3.63, 3.8) is 0 Å². The van der Waals surface area contributed by atoms with Crippen LogP contribution in [0.3, 0.4) is 0 Å². The number of rotatable bonds is 10. The second kappa shape index (κ2) is 12.8. The highest BCUT2D eigenvalue weighted by molar-refractivity contribution is 6.31. The maximum Gasteiger partial charge on any atom is 0.261 e. The van der Waals surface area contributed by atoms with Crippen molar-refractivity contribution in [2.45, 2.75) is 65.1 Å². The van der Waals surface area contributed by atoms with E-state index < -0.39 is 6.04 Å². The van der Waals surface area contributed by atoms with E-state index in [0.29, 0.717) is 17.2 Å². The van der Waals surface area contributed by atoms with Crippen molar-refractivity contribution in [2.75, 3.05) is 6.61 Å². The molecule has 37 heavy (non-hydrogen) atoms. The van der Waals surface area contributed by atoms with Gasteiger partial charge in [-0.15, -0.1) is 0 Å². The number of halogens is 1. The molecule has 0 bridgehead atoms. The van der Waals surface area contributed by atoms with Crippen LogP contribution < -0.4 is 10.1 Å². The number of carbonyl (C=O) groups excluding carboxylic acids is 2. The summed E-state index contributed by atoms with van der Waals surface area (Å²) in [6.07, 6.45) is 0.371. The third-order valence-corrected chi connectivity index (χ3v) is 6.45. The van der Waals surface area contributed by atoms with Gasteiger partial charge in [0.2, 0.25) is 5.91 Å². The van der Waals surface area contributed by atoms with Gasteiger partial charge in [-0.2, -0.15) is 0 Å². The highest BCUT2D eigenvalue weighted by atomic mass is 35.5. The zero-order valence-corrected chi connectivity index (χ0v) is 23.1. The van der Waals surface area contributed by atoms with Gasteiger partial charge < -0.3 is 15.0 Å². The van der Waals surface area contributed by atoms with Crippen molar-refractivity contribution in [1.29, 1.82) is 0 Å². The zero-order valence-electron chi connectivity index (χ0n) is 22.3. The normalized spacial score (nSPS) is 12.2. The molecule has 0 fully saturated rings. The van der Waals surface area contributed by atoms with E-state index in [1.165, 1.54) is 5.56 Å². The first-order valence-corrected chi connectivity index (χ1v) is 13.0. The summed E-state index contributed by atoms with van der Waals surface area (Å²) in [6.45, 7) is 10.2. The van der Waals surface area contributed by atoms with Crippen LogP contribution in [0, 0.1) is 0 Å². The Morgan fingerprint density at radius 3 is 2.14 bits per heavy atom. The Bertz CT molecular complexity index is 1170. The van der Waals surface area contributed by atoms with Gasteiger partial charge in [-0.1, -0.05) is 93.0 Å². The predicted octanol–water partition coefficient (Wildman–Crippen LogP) is 6.18. The van der Waals surface area contributed by atoms with Crippen molar-refractivity contribution >= 4 is 23.4 Å². The molecule has 0 spiro atoms. The minimum atomic E-state index is -0.736. The minimum Gasteiger partial charge on any atom is -0.484 e. The van der Waals surface area contributed by atoms with E-state index in [0.717, 1.165) is 11.1 Å². The Morgan fingerprint density at radius 1 is 0.919 bits per heavy atom. The molecular formula is C31H37ClN2O3. The number of amides is 2. The average Bonchev–Trinajstić information content (AvgIpc) is 2.85. The molecule has 0 saturated carbocycles. The molecule has 0 aromatic heterocycles. The molecule has 5 nitrogen and oxygen atoms in total. The lowest BCUT2D eigenvalue weighted by Crippen LogP contribution is -2.52. The van der Waals surface area contributed by atoms with Gasteiger partial charge in [0.1, 0.15) is 11.8 Å². The quantitative estimate of drug-likeness (QED) is 0.347. The van der Waals surface area contributed by atoms with Crippen LogP contribution in [0.15, 0.2) is 78.9 Å². The molecule has 1 unspecified atom stereocenters. The Morgan fingerprint density at radius 2 is 1.54 bits per heavy atom. The molecule has 6 heteroatoms. The standard InChI is InChI=1S/C31H37ClN2O3/c1-22(2)33-30(36)28(19-23-11-7-6-8-12-23)34(20-24-13-9-10-14-27(24)32)29(35)21-37-26-17-15-25(16-18-26)31(3,4)5/h6-18,22,28H,19-21H2,1-5H3,(H,33,36). The SMILES string of the molecule is CC(C)NC(=O)C(Cc1ccccc1)N(Cc1ccccc1Cl)C(=O)COc1ccc(C(C)(C)C)cc1. The van der Waals surface area contributed by atoms with Crippen LogP contribution in [0.1, 0.15) is 51.3 Å². The summed E-state index contributed by atoms with van der Waals surface area (Å²) in [5.41, 5.74) is 2.93. The number of ether oxygens (including phenoxy) is 1. The molecule has 0 saturated heterocycles. The van der Waals surface area contributed by atoms with Gasteiger partial charge in [0.25, 0.3) is 5.91 Å². The second-order valence-corrected chi connectivity index (χ2v) is 11.0. The first kappa shape index (κ1) is 28.3. The smallest absolute Gasteiger partial charge is 0.261 e. The lowest BCUT2D eigenvalue weighted by molar-refractivity contribution is -0.143. The van der Waals surface area contributed by atoms with Crippen molar-refractivity contribution in [3.05, 3.63) is 101 Å². The summed E-state index contributed by atoms with van der Waals surface area (Å²) in [5.74, 6) is 0.0960. The van der Waals surface area contributed by atoms with E-state index in [4.69, 9.17) is 16.3 Å². The first-order chi connectivity index (χ1) is 17.5. The number of nitrogens with zero attached hydrogens (tertiary/aromatic N) is 1. The molecular weight excluding hydrogens is 484 g/mol. The summed E-state index contributed by atoms with van der Waals surface area (Å²) in [4.78, 5) is 28.6. The summed E-state index contributed by atoms with van der Waals surface area (Å²) in [7, 11) is 0. The third-order valence-electron chi connectivity index (χ3n) is 6.08. The van der Waals surface area contributed by atoms with Crippen molar-refractivity contribution in [3.8, 4) is 5.75 Å². The van der Waals surface area contributed by atoms with E-state index in [1.54, 1.807) is 11.0 Å². The predicted molar refractivity (Wildman–Crippen MR) is 150 cm³/mol. The van der Waals surface area contributed by atoms with Gasteiger partial charge in [-0.05, 0) is 54.2 Å². The Kier molecular flexibility index (Phi) is 9.76. The molecule has 2 amide bonds. The van der Waals surface area contributed by atoms with E-state index in [2.05, 4.69) is 26.1 Å². The van der Waals surface area contributed by atoms with Crippen molar-refractivity contribution < 1.29 is 14.3 Å².